The van der Waals surface area contributed by atoms with Gasteiger partial charge in [-0.15, -0.1) is 0 Å². The lowest BCUT2D eigenvalue weighted by Gasteiger charge is -2.29. The predicted molar refractivity (Wildman–Crippen MR) is 220 cm³/mol. The van der Waals surface area contributed by atoms with Gasteiger partial charge in [-0.1, -0.05) is 146 Å². The molecule has 2 heteroatoms. The third-order valence-corrected chi connectivity index (χ3v) is 10.2. The highest BCUT2D eigenvalue weighted by atomic mass is 16.3. The van der Waals surface area contributed by atoms with Crippen molar-refractivity contribution in [3.63, 3.8) is 0 Å². The average molecular weight is 664 g/mol. The number of hydrogen-bond acceptors (Lipinski definition) is 2. The summed E-state index contributed by atoms with van der Waals surface area (Å²) in [7, 11) is 0. The number of para-hydroxylation sites is 1. The van der Waals surface area contributed by atoms with Crippen molar-refractivity contribution < 1.29 is 4.42 Å². The molecule has 0 N–H and O–H groups in total. The Morgan fingerprint density at radius 3 is 1.73 bits per heavy atom. The summed E-state index contributed by atoms with van der Waals surface area (Å²) < 4.78 is 6.51. The van der Waals surface area contributed by atoms with Crippen LogP contribution in [0.25, 0.3) is 76.9 Å². The molecule has 10 rings (SSSR count). The largest absolute Gasteiger partial charge is 0.456 e. The van der Waals surface area contributed by atoms with E-state index in [2.05, 4.69) is 199 Å². The summed E-state index contributed by atoms with van der Waals surface area (Å²) in [4.78, 5) is 2.42. The first kappa shape index (κ1) is 30.0. The molecule has 0 saturated carbocycles. The zero-order chi connectivity index (χ0) is 34.4. The molecule has 0 radical (unpaired) electrons. The lowest BCUT2D eigenvalue weighted by Crippen LogP contribution is -2.11. The molecule has 0 fully saturated rings. The van der Waals surface area contributed by atoms with Gasteiger partial charge < -0.3 is 9.32 Å². The molecule has 52 heavy (non-hydrogen) atoms. The highest BCUT2D eigenvalue weighted by molar-refractivity contribution is 6.17. The van der Waals surface area contributed by atoms with Crippen molar-refractivity contribution in [2.75, 3.05) is 4.90 Å². The van der Waals surface area contributed by atoms with Crippen LogP contribution in [0, 0.1) is 0 Å². The highest BCUT2D eigenvalue weighted by Crippen LogP contribution is 2.48. The molecule has 0 bridgehead atoms. The number of anilines is 3. The van der Waals surface area contributed by atoms with E-state index in [1.165, 1.54) is 43.8 Å². The Kier molecular flexibility index (Phi) is 7.18. The van der Waals surface area contributed by atoms with Gasteiger partial charge in [-0.3, -0.25) is 0 Å². The fourth-order valence-corrected chi connectivity index (χ4v) is 7.69. The van der Waals surface area contributed by atoms with Gasteiger partial charge in [0.2, 0.25) is 0 Å². The number of nitrogens with zero attached hydrogens (tertiary/aromatic N) is 1. The molecule has 0 aliphatic heterocycles. The second-order valence-electron chi connectivity index (χ2n) is 13.4. The second-order valence-corrected chi connectivity index (χ2v) is 13.4. The van der Waals surface area contributed by atoms with E-state index in [4.69, 9.17) is 4.42 Å². The van der Waals surface area contributed by atoms with Gasteiger partial charge in [0.25, 0.3) is 0 Å². The van der Waals surface area contributed by atoms with Crippen LogP contribution < -0.4 is 4.90 Å². The molecule has 10 aromatic rings. The Morgan fingerprint density at radius 2 is 0.904 bits per heavy atom. The van der Waals surface area contributed by atoms with Crippen molar-refractivity contribution >= 4 is 60.5 Å². The van der Waals surface area contributed by atoms with Crippen LogP contribution in [-0.2, 0) is 0 Å². The molecule has 2 nitrogen and oxygen atoms in total. The van der Waals surface area contributed by atoms with Gasteiger partial charge in [0.1, 0.15) is 11.2 Å². The van der Waals surface area contributed by atoms with Crippen LogP contribution in [0.4, 0.5) is 17.1 Å². The predicted octanol–water partition coefficient (Wildman–Crippen LogP) is 14.4. The monoisotopic (exact) mass is 663 g/mol. The standard InChI is InChI=1S/C50H33NO/c1-3-12-34(13-4-1)38-18-11-19-43(32-38)51(44-27-26-40-30-39(23-24-41(40)33-44)35-14-5-2-6-15-35)46-28-29-48-50(45-20-9-10-21-47(45)52-48)49(46)42-25-22-36-16-7-8-17-37(36)31-42/h1-33H. The average Bonchev–Trinajstić information content (AvgIpc) is 3.60. The summed E-state index contributed by atoms with van der Waals surface area (Å²) >= 11 is 0. The molecule has 244 valence electrons. The van der Waals surface area contributed by atoms with E-state index in [0.717, 1.165) is 50.1 Å². The summed E-state index contributed by atoms with van der Waals surface area (Å²) in [6.07, 6.45) is 0. The Hall–Kier alpha value is -6.90. The number of furan rings is 1. The van der Waals surface area contributed by atoms with Crippen molar-refractivity contribution in [3.05, 3.63) is 200 Å². The van der Waals surface area contributed by atoms with Gasteiger partial charge in [-0.2, -0.15) is 0 Å². The van der Waals surface area contributed by atoms with Crippen molar-refractivity contribution in [2.24, 2.45) is 0 Å². The minimum atomic E-state index is 0.873. The van der Waals surface area contributed by atoms with Crippen molar-refractivity contribution in [1.29, 1.82) is 0 Å². The molecule has 0 aliphatic carbocycles. The summed E-state index contributed by atoms with van der Waals surface area (Å²) in [6, 6.07) is 71.8. The van der Waals surface area contributed by atoms with Gasteiger partial charge in [0.15, 0.2) is 0 Å². The normalized spacial score (nSPS) is 11.5. The van der Waals surface area contributed by atoms with E-state index in [0.29, 0.717) is 0 Å². The summed E-state index contributed by atoms with van der Waals surface area (Å²) in [5.41, 5.74) is 12.1. The van der Waals surface area contributed by atoms with Crippen molar-refractivity contribution in [1.82, 2.24) is 0 Å². The molecule has 0 aliphatic rings. The first-order valence-corrected chi connectivity index (χ1v) is 17.8. The van der Waals surface area contributed by atoms with Gasteiger partial charge in [0.05, 0.1) is 5.69 Å². The first-order chi connectivity index (χ1) is 25.8. The number of rotatable bonds is 6. The highest BCUT2D eigenvalue weighted by Gasteiger charge is 2.23. The van der Waals surface area contributed by atoms with E-state index in [9.17, 15) is 0 Å². The summed E-state index contributed by atoms with van der Waals surface area (Å²) in [6.45, 7) is 0. The van der Waals surface area contributed by atoms with Gasteiger partial charge in [-0.25, -0.2) is 0 Å². The van der Waals surface area contributed by atoms with E-state index in [-0.39, 0.29) is 0 Å². The van der Waals surface area contributed by atoms with Crippen molar-refractivity contribution in [2.45, 2.75) is 0 Å². The fourth-order valence-electron chi connectivity index (χ4n) is 7.69. The van der Waals surface area contributed by atoms with Gasteiger partial charge in [-0.05, 0) is 104 Å². The van der Waals surface area contributed by atoms with Crippen LogP contribution in [0.15, 0.2) is 205 Å². The third kappa shape index (κ3) is 5.21. The molecule has 0 spiro atoms. The van der Waals surface area contributed by atoms with Crippen LogP contribution in [-0.4, -0.2) is 0 Å². The van der Waals surface area contributed by atoms with E-state index in [1.54, 1.807) is 0 Å². The second kappa shape index (κ2) is 12.5. The summed E-state index contributed by atoms with van der Waals surface area (Å²) in [5, 5.41) is 7.02. The number of fused-ring (bicyclic) bond motifs is 5. The number of hydrogen-bond donors (Lipinski definition) is 0. The smallest absolute Gasteiger partial charge is 0.136 e. The number of benzene rings is 9. The lowest BCUT2D eigenvalue weighted by atomic mass is 9.94. The molecule has 1 heterocycles. The molecule has 0 saturated heterocycles. The van der Waals surface area contributed by atoms with E-state index < -0.39 is 0 Å². The van der Waals surface area contributed by atoms with E-state index >= 15 is 0 Å². The zero-order valence-corrected chi connectivity index (χ0v) is 28.4. The Labute approximate surface area is 302 Å². The Balaban J connectivity index is 1.25. The minimum Gasteiger partial charge on any atom is -0.456 e. The first-order valence-electron chi connectivity index (χ1n) is 17.8. The fraction of sp³-hybridized carbons (Fsp3) is 0. The van der Waals surface area contributed by atoms with Gasteiger partial charge >= 0.3 is 0 Å². The molecular weight excluding hydrogens is 631 g/mol. The topological polar surface area (TPSA) is 16.4 Å². The molecular formula is C50H33NO. The zero-order valence-electron chi connectivity index (χ0n) is 28.4. The molecule has 0 atom stereocenters. The molecule has 1 aromatic heterocycles. The lowest BCUT2D eigenvalue weighted by molar-refractivity contribution is 0.669. The molecule has 0 unspecified atom stereocenters. The maximum atomic E-state index is 6.51. The maximum absolute atomic E-state index is 6.51. The summed E-state index contributed by atoms with van der Waals surface area (Å²) in [5.74, 6) is 0. The van der Waals surface area contributed by atoms with Crippen LogP contribution in [0.1, 0.15) is 0 Å². The Morgan fingerprint density at radius 1 is 0.327 bits per heavy atom. The van der Waals surface area contributed by atoms with Crippen LogP contribution >= 0.6 is 0 Å². The quantitative estimate of drug-likeness (QED) is 0.176. The van der Waals surface area contributed by atoms with Gasteiger partial charge in [0, 0.05) is 27.7 Å². The Bertz CT molecular complexity index is 2910. The molecule has 9 aromatic carbocycles. The van der Waals surface area contributed by atoms with Crippen LogP contribution in [0.5, 0.6) is 0 Å². The molecule has 0 amide bonds. The van der Waals surface area contributed by atoms with E-state index in [1.807, 2.05) is 6.07 Å². The van der Waals surface area contributed by atoms with Crippen LogP contribution in [0.2, 0.25) is 0 Å². The van der Waals surface area contributed by atoms with Crippen molar-refractivity contribution in [3.8, 4) is 33.4 Å². The van der Waals surface area contributed by atoms with Crippen LogP contribution in [0.3, 0.4) is 0 Å². The maximum Gasteiger partial charge on any atom is 0.136 e. The third-order valence-electron chi connectivity index (χ3n) is 10.2. The minimum absolute atomic E-state index is 0.873. The SMILES string of the molecule is c1ccc(-c2cccc(N(c3ccc4cc(-c5ccccc5)ccc4c3)c3ccc4oc5ccccc5c4c3-c3ccc4ccccc4c3)c2)cc1.